The third-order valence-electron chi connectivity index (χ3n) is 3.93. The van der Waals surface area contributed by atoms with Gasteiger partial charge in [-0.05, 0) is 37.8 Å². The van der Waals surface area contributed by atoms with Crippen molar-refractivity contribution in [2.24, 2.45) is 0 Å². The van der Waals surface area contributed by atoms with Crippen molar-refractivity contribution in [3.8, 4) is 0 Å². The summed E-state index contributed by atoms with van der Waals surface area (Å²) in [5.74, 6) is 0.299. The maximum atomic E-state index is 11.3. The lowest BCUT2D eigenvalue weighted by Crippen LogP contribution is -2.34. The van der Waals surface area contributed by atoms with Gasteiger partial charge in [0.25, 0.3) is 5.69 Å². The minimum Gasteiger partial charge on any atom is -0.360 e. The fourth-order valence-corrected chi connectivity index (χ4v) is 3.09. The quantitative estimate of drug-likeness (QED) is 0.474. The third kappa shape index (κ3) is 2.68. The SMILES string of the molecule is CCC1CCC(C)N1c1ccc(CCl)cc1[N+](=O)[O-]. The van der Waals surface area contributed by atoms with E-state index in [2.05, 4.69) is 18.7 Å². The Morgan fingerprint density at radius 2 is 2.21 bits per heavy atom. The van der Waals surface area contributed by atoms with Gasteiger partial charge in [-0.1, -0.05) is 13.0 Å². The van der Waals surface area contributed by atoms with Gasteiger partial charge in [-0.25, -0.2) is 0 Å². The second-order valence-corrected chi connectivity index (χ2v) is 5.38. The lowest BCUT2D eigenvalue weighted by molar-refractivity contribution is -0.384. The lowest BCUT2D eigenvalue weighted by atomic mass is 10.1. The van der Waals surface area contributed by atoms with E-state index in [9.17, 15) is 10.1 Å². The summed E-state index contributed by atoms with van der Waals surface area (Å²) in [5.41, 5.74) is 1.69. The zero-order valence-corrected chi connectivity index (χ0v) is 12.1. The number of nitro benzene ring substituents is 1. The number of rotatable bonds is 4. The molecule has 2 unspecified atom stereocenters. The molecular formula is C14H19ClN2O2. The van der Waals surface area contributed by atoms with Gasteiger partial charge in [-0.2, -0.15) is 0 Å². The van der Waals surface area contributed by atoms with Gasteiger partial charge in [0.2, 0.25) is 0 Å². The van der Waals surface area contributed by atoms with Crippen molar-refractivity contribution in [1.29, 1.82) is 0 Å². The molecule has 1 aromatic carbocycles. The molecule has 0 aromatic heterocycles. The van der Waals surface area contributed by atoms with Crippen molar-refractivity contribution in [3.63, 3.8) is 0 Å². The van der Waals surface area contributed by atoms with Crippen LogP contribution in [0.5, 0.6) is 0 Å². The van der Waals surface area contributed by atoms with E-state index >= 15 is 0 Å². The molecule has 0 aliphatic carbocycles. The number of benzene rings is 1. The Labute approximate surface area is 118 Å². The predicted molar refractivity (Wildman–Crippen MR) is 77.9 cm³/mol. The monoisotopic (exact) mass is 282 g/mol. The predicted octanol–water partition coefficient (Wildman–Crippen LogP) is 4.10. The Morgan fingerprint density at radius 3 is 2.79 bits per heavy atom. The van der Waals surface area contributed by atoms with Crippen LogP contribution in [0, 0.1) is 10.1 Å². The molecule has 1 aromatic rings. The molecule has 4 nitrogen and oxygen atoms in total. The Kier molecular flexibility index (Phi) is 4.30. The van der Waals surface area contributed by atoms with Gasteiger partial charge in [0, 0.05) is 24.0 Å². The number of hydrogen-bond donors (Lipinski definition) is 0. The lowest BCUT2D eigenvalue weighted by Gasteiger charge is -2.30. The number of anilines is 1. The van der Waals surface area contributed by atoms with Gasteiger partial charge >= 0.3 is 0 Å². The van der Waals surface area contributed by atoms with Crippen molar-refractivity contribution in [2.45, 2.75) is 51.1 Å². The maximum absolute atomic E-state index is 11.3. The molecule has 1 saturated heterocycles. The molecule has 0 amide bonds. The van der Waals surface area contributed by atoms with Gasteiger partial charge < -0.3 is 4.90 Å². The molecule has 1 aliphatic heterocycles. The van der Waals surface area contributed by atoms with Gasteiger partial charge in [0.15, 0.2) is 0 Å². The van der Waals surface area contributed by atoms with E-state index in [1.54, 1.807) is 6.07 Å². The van der Waals surface area contributed by atoms with Crippen LogP contribution in [0.4, 0.5) is 11.4 Å². The first kappa shape index (κ1) is 14.1. The number of alkyl halides is 1. The molecule has 5 heteroatoms. The van der Waals surface area contributed by atoms with E-state index in [0.29, 0.717) is 18.0 Å². The van der Waals surface area contributed by atoms with E-state index in [-0.39, 0.29) is 10.6 Å². The van der Waals surface area contributed by atoms with Crippen LogP contribution in [-0.4, -0.2) is 17.0 Å². The number of hydrogen-bond acceptors (Lipinski definition) is 3. The molecular weight excluding hydrogens is 264 g/mol. The Morgan fingerprint density at radius 1 is 1.47 bits per heavy atom. The largest absolute Gasteiger partial charge is 0.360 e. The van der Waals surface area contributed by atoms with Gasteiger partial charge in [0.05, 0.1) is 4.92 Å². The van der Waals surface area contributed by atoms with Crippen LogP contribution in [0.3, 0.4) is 0 Å². The average molecular weight is 283 g/mol. The highest BCUT2D eigenvalue weighted by molar-refractivity contribution is 6.17. The van der Waals surface area contributed by atoms with E-state index in [1.165, 1.54) is 0 Å². The van der Waals surface area contributed by atoms with E-state index in [4.69, 9.17) is 11.6 Å². The van der Waals surface area contributed by atoms with Crippen LogP contribution in [0.25, 0.3) is 0 Å². The van der Waals surface area contributed by atoms with Crippen molar-refractivity contribution < 1.29 is 4.92 Å². The fourth-order valence-electron chi connectivity index (χ4n) is 2.92. The first-order valence-electron chi connectivity index (χ1n) is 6.70. The molecule has 104 valence electrons. The molecule has 0 saturated carbocycles. The number of halogens is 1. The minimum atomic E-state index is -0.302. The summed E-state index contributed by atoms with van der Waals surface area (Å²) in [5, 5.41) is 11.3. The molecule has 1 heterocycles. The Bertz CT molecular complexity index is 479. The summed E-state index contributed by atoms with van der Waals surface area (Å²) in [4.78, 5) is 13.2. The van der Waals surface area contributed by atoms with Crippen LogP contribution in [0.15, 0.2) is 18.2 Å². The zero-order chi connectivity index (χ0) is 14.0. The molecule has 19 heavy (non-hydrogen) atoms. The molecule has 0 spiro atoms. The first-order valence-corrected chi connectivity index (χ1v) is 7.23. The highest BCUT2D eigenvalue weighted by Crippen LogP contribution is 2.38. The average Bonchev–Trinajstić information content (AvgIpc) is 2.78. The van der Waals surface area contributed by atoms with Gasteiger partial charge in [0.1, 0.15) is 5.69 Å². The van der Waals surface area contributed by atoms with Crippen molar-refractivity contribution in [1.82, 2.24) is 0 Å². The first-order chi connectivity index (χ1) is 9.08. The van der Waals surface area contributed by atoms with Crippen LogP contribution in [-0.2, 0) is 5.88 Å². The summed E-state index contributed by atoms with van der Waals surface area (Å²) in [6.07, 6.45) is 3.21. The summed E-state index contributed by atoms with van der Waals surface area (Å²) in [6.45, 7) is 4.27. The third-order valence-corrected chi connectivity index (χ3v) is 4.23. The van der Waals surface area contributed by atoms with Gasteiger partial charge in [-0.15, -0.1) is 11.6 Å². The highest BCUT2D eigenvalue weighted by atomic mass is 35.5. The standard InChI is InChI=1S/C14H19ClN2O2/c1-3-12-6-4-10(2)16(12)13-7-5-11(9-15)8-14(13)17(18)19/h5,7-8,10,12H,3-4,6,9H2,1-2H3. The molecule has 2 atom stereocenters. The van der Waals surface area contributed by atoms with Crippen LogP contribution in [0.1, 0.15) is 38.7 Å². The smallest absolute Gasteiger partial charge is 0.292 e. The maximum Gasteiger partial charge on any atom is 0.292 e. The topological polar surface area (TPSA) is 46.4 Å². The summed E-state index contributed by atoms with van der Waals surface area (Å²) >= 11 is 5.76. The highest BCUT2D eigenvalue weighted by Gasteiger charge is 2.33. The number of nitro groups is 1. The Hall–Kier alpha value is -1.29. The van der Waals surface area contributed by atoms with Crippen molar-refractivity contribution >= 4 is 23.0 Å². The molecule has 0 N–H and O–H groups in total. The van der Waals surface area contributed by atoms with Crippen LogP contribution >= 0.6 is 11.6 Å². The van der Waals surface area contributed by atoms with E-state index in [0.717, 1.165) is 30.5 Å². The molecule has 0 radical (unpaired) electrons. The van der Waals surface area contributed by atoms with Gasteiger partial charge in [-0.3, -0.25) is 10.1 Å². The fraction of sp³-hybridized carbons (Fsp3) is 0.571. The van der Waals surface area contributed by atoms with Crippen molar-refractivity contribution in [2.75, 3.05) is 4.90 Å². The van der Waals surface area contributed by atoms with Crippen LogP contribution < -0.4 is 4.90 Å². The zero-order valence-electron chi connectivity index (χ0n) is 11.3. The second kappa shape index (κ2) is 5.78. The molecule has 1 fully saturated rings. The Balaban J connectivity index is 2.45. The molecule has 1 aliphatic rings. The summed E-state index contributed by atoms with van der Waals surface area (Å²) < 4.78 is 0. The summed E-state index contributed by atoms with van der Waals surface area (Å²) in [6, 6.07) is 6.08. The molecule has 0 bridgehead atoms. The van der Waals surface area contributed by atoms with Crippen molar-refractivity contribution in [3.05, 3.63) is 33.9 Å². The number of nitrogens with zero attached hydrogens (tertiary/aromatic N) is 2. The second-order valence-electron chi connectivity index (χ2n) is 5.11. The normalized spacial score (nSPS) is 22.8. The van der Waals surface area contributed by atoms with E-state index < -0.39 is 0 Å². The minimum absolute atomic E-state index is 0.172. The van der Waals surface area contributed by atoms with Crippen LogP contribution in [0.2, 0.25) is 0 Å². The van der Waals surface area contributed by atoms with E-state index in [1.807, 2.05) is 12.1 Å². The molecule has 2 rings (SSSR count). The summed E-state index contributed by atoms with van der Waals surface area (Å²) in [7, 11) is 0.